The van der Waals surface area contributed by atoms with Crippen molar-refractivity contribution in [1.29, 1.82) is 0 Å². The summed E-state index contributed by atoms with van der Waals surface area (Å²) in [6.07, 6.45) is 6.43. The lowest BCUT2D eigenvalue weighted by Gasteiger charge is -2.40. The van der Waals surface area contributed by atoms with E-state index in [1.807, 2.05) is 49.1 Å². The summed E-state index contributed by atoms with van der Waals surface area (Å²) < 4.78 is 29.5. The number of fused-ring (bicyclic) bond motifs is 2. The van der Waals surface area contributed by atoms with E-state index < -0.39 is 38.8 Å². The predicted molar refractivity (Wildman–Crippen MR) is 145 cm³/mol. The minimum absolute atomic E-state index is 0.0244. The monoisotopic (exact) mass is 562 g/mol. The van der Waals surface area contributed by atoms with E-state index in [0.717, 1.165) is 16.8 Å². The number of ether oxygens (including phenoxy) is 1. The Labute approximate surface area is 221 Å². The number of nitrogens with two attached hydrogens (primary N) is 1. The van der Waals surface area contributed by atoms with Crippen molar-refractivity contribution in [3.8, 4) is 11.5 Å². The van der Waals surface area contributed by atoms with E-state index in [4.69, 9.17) is 10.5 Å². The average molecular weight is 562 g/mol. The van der Waals surface area contributed by atoms with Gasteiger partial charge >= 0.3 is 15.2 Å². The Hall–Kier alpha value is -2.71. The second-order valence-electron chi connectivity index (χ2n) is 10.0. The van der Waals surface area contributed by atoms with E-state index in [0.29, 0.717) is 22.7 Å². The molecule has 0 fully saturated rings. The fraction of sp³-hybridized carbons (Fsp3) is 0.346. The lowest BCUT2D eigenvalue weighted by molar-refractivity contribution is 0.0997. The largest absolute Gasteiger partial charge is 0.452 e. The molecule has 0 saturated heterocycles. The van der Waals surface area contributed by atoms with Crippen LogP contribution in [0.3, 0.4) is 0 Å². The molecule has 10 nitrogen and oxygen atoms in total. The Morgan fingerprint density at radius 3 is 1.89 bits per heavy atom. The van der Waals surface area contributed by atoms with Gasteiger partial charge in [0, 0.05) is 5.41 Å². The summed E-state index contributed by atoms with van der Waals surface area (Å²) in [4.78, 5) is 52.2. The quantitative estimate of drug-likeness (QED) is 0.228. The van der Waals surface area contributed by atoms with Crippen LogP contribution in [0.25, 0.3) is 0 Å². The van der Waals surface area contributed by atoms with Crippen molar-refractivity contribution in [3.63, 3.8) is 0 Å². The van der Waals surface area contributed by atoms with E-state index in [1.54, 1.807) is 25.1 Å². The summed E-state index contributed by atoms with van der Waals surface area (Å²) in [5.41, 5.74) is 9.03. The van der Waals surface area contributed by atoms with Crippen LogP contribution in [-0.4, -0.2) is 43.8 Å². The maximum Gasteiger partial charge on any atom is 0.325 e. The van der Waals surface area contributed by atoms with E-state index in [2.05, 4.69) is 0 Å². The standard InChI is InChI=1S/C26H32N2O8P2/c1-16-4-6-20-23(18(16)3)36-24-21(7-5-17(2)22(24)25(27)29)28(20)19-8-10-26(11-9-19,12-14-37(30,31)32)13-15-38(33,34)35/h4-11,19H,12-15H2,1-3H3,(H2,27,29)(H2,30,31,32)(H2,33,34,35). The van der Waals surface area contributed by atoms with Crippen molar-refractivity contribution in [2.75, 3.05) is 17.2 Å². The van der Waals surface area contributed by atoms with Gasteiger partial charge < -0.3 is 34.9 Å². The first-order valence-corrected chi connectivity index (χ1v) is 15.7. The molecule has 6 N–H and O–H groups in total. The highest BCUT2D eigenvalue weighted by Crippen LogP contribution is 2.53. The van der Waals surface area contributed by atoms with Gasteiger partial charge in [0.2, 0.25) is 0 Å². The zero-order valence-electron chi connectivity index (χ0n) is 21.4. The first kappa shape index (κ1) is 28.3. The van der Waals surface area contributed by atoms with Gasteiger partial charge in [-0.2, -0.15) is 0 Å². The lowest BCUT2D eigenvalue weighted by Crippen LogP contribution is -2.34. The number of carbonyl (C=O) groups is 1. The maximum absolute atomic E-state index is 12.4. The van der Waals surface area contributed by atoms with Gasteiger partial charge in [0.15, 0.2) is 11.5 Å². The maximum atomic E-state index is 12.4. The van der Waals surface area contributed by atoms with Crippen LogP contribution in [0.1, 0.15) is 39.9 Å². The van der Waals surface area contributed by atoms with Crippen molar-refractivity contribution in [3.05, 3.63) is 70.8 Å². The molecule has 0 atom stereocenters. The number of hydrogen-bond donors (Lipinski definition) is 5. The number of anilines is 2. The molecule has 12 heteroatoms. The average Bonchev–Trinajstić information content (AvgIpc) is 2.82. The summed E-state index contributed by atoms with van der Waals surface area (Å²) in [6, 6.07) is 7.15. The van der Waals surface area contributed by atoms with E-state index >= 15 is 0 Å². The minimum atomic E-state index is -4.33. The lowest BCUT2D eigenvalue weighted by atomic mass is 9.78. The molecule has 2 aliphatic rings. The minimum Gasteiger partial charge on any atom is -0.452 e. The molecule has 204 valence electrons. The van der Waals surface area contributed by atoms with Crippen LogP contribution in [0, 0.1) is 26.2 Å². The van der Waals surface area contributed by atoms with Crippen LogP contribution < -0.4 is 15.4 Å². The molecule has 0 radical (unpaired) electrons. The van der Waals surface area contributed by atoms with Gasteiger partial charge in [0.1, 0.15) is 0 Å². The number of benzene rings is 2. The highest BCUT2D eigenvalue weighted by molar-refractivity contribution is 7.52. The molecule has 1 heterocycles. The number of allylic oxidation sites excluding steroid dienone is 2. The van der Waals surface area contributed by atoms with Gasteiger partial charge in [0.25, 0.3) is 5.91 Å². The van der Waals surface area contributed by atoms with Crippen molar-refractivity contribution in [1.82, 2.24) is 0 Å². The molecule has 0 aromatic heterocycles. The van der Waals surface area contributed by atoms with Gasteiger partial charge in [-0.15, -0.1) is 0 Å². The van der Waals surface area contributed by atoms with Crippen molar-refractivity contribution >= 4 is 32.5 Å². The second kappa shape index (κ2) is 10.1. The molecule has 2 aromatic carbocycles. The molecule has 0 spiro atoms. The van der Waals surface area contributed by atoms with Gasteiger partial charge in [-0.05, 0) is 62.4 Å². The van der Waals surface area contributed by atoms with Crippen molar-refractivity contribution in [2.24, 2.45) is 11.1 Å². The van der Waals surface area contributed by atoms with Crippen molar-refractivity contribution < 1.29 is 38.2 Å². The normalized spacial score (nSPS) is 16.7. The van der Waals surface area contributed by atoms with E-state index in [-0.39, 0.29) is 24.4 Å². The summed E-state index contributed by atoms with van der Waals surface area (Å²) in [5.74, 6) is 0.323. The third kappa shape index (κ3) is 5.81. The molecular formula is C26H32N2O8P2. The molecular weight excluding hydrogens is 530 g/mol. The number of carbonyl (C=O) groups excluding carboxylic acids is 1. The SMILES string of the molecule is Cc1ccc2c(c1C)Oc1c(ccc(C)c1C(N)=O)N2C1C=CC(CCP(=O)(O)O)(CCP(=O)(O)O)C=C1. The van der Waals surface area contributed by atoms with Crippen LogP contribution >= 0.6 is 15.2 Å². The zero-order valence-corrected chi connectivity index (χ0v) is 23.2. The third-order valence-corrected chi connectivity index (χ3v) is 8.87. The summed E-state index contributed by atoms with van der Waals surface area (Å²) in [5, 5.41) is 0. The molecule has 0 bridgehead atoms. The Balaban J connectivity index is 1.80. The van der Waals surface area contributed by atoms with Crippen molar-refractivity contribution in [2.45, 2.75) is 39.7 Å². The molecule has 1 aliphatic heterocycles. The number of rotatable bonds is 8. The molecule has 2 aromatic rings. The predicted octanol–water partition coefficient (Wildman–Crippen LogP) is 4.57. The zero-order chi connectivity index (χ0) is 28.0. The number of hydrogen-bond acceptors (Lipinski definition) is 5. The van der Waals surface area contributed by atoms with E-state index in [9.17, 15) is 33.5 Å². The topological polar surface area (TPSA) is 171 Å². The smallest absolute Gasteiger partial charge is 0.325 e. The van der Waals surface area contributed by atoms with Crippen LogP contribution in [-0.2, 0) is 9.13 Å². The fourth-order valence-electron chi connectivity index (χ4n) is 4.95. The Morgan fingerprint density at radius 1 is 0.895 bits per heavy atom. The fourth-order valence-corrected chi connectivity index (χ4v) is 6.37. The molecule has 4 rings (SSSR count). The van der Waals surface area contributed by atoms with Gasteiger partial charge in [0.05, 0.1) is 35.3 Å². The highest BCUT2D eigenvalue weighted by Gasteiger charge is 2.37. The summed E-state index contributed by atoms with van der Waals surface area (Å²) in [6.45, 7) is 5.67. The van der Waals surface area contributed by atoms with Crippen LogP contribution in [0.4, 0.5) is 11.4 Å². The van der Waals surface area contributed by atoms with Crippen LogP contribution in [0.5, 0.6) is 11.5 Å². The number of primary amides is 1. The van der Waals surface area contributed by atoms with E-state index in [1.165, 1.54) is 0 Å². The first-order valence-electron chi connectivity index (χ1n) is 12.1. The Kier molecular flexibility index (Phi) is 7.53. The number of nitrogens with zero attached hydrogens (tertiary/aromatic N) is 1. The summed E-state index contributed by atoms with van der Waals surface area (Å²) >= 11 is 0. The molecule has 0 saturated carbocycles. The summed E-state index contributed by atoms with van der Waals surface area (Å²) in [7, 11) is -8.66. The molecule has 1 amide bonds. The number of amides is 1. The number of aryl methyl sites for hydroxylation is 2. The molecule has 38 heavy (non-hydrogen) atoms. The first-order chi connectivity index (χ1) is 17.6. The highest BCUT2D eigenvalue weighted by atomic mass is 31.2. The van der Waals surface area contributed by atoms with Crippen LogP contribution in [0.2, 0.25) is 0 Å². The van der Waals surface area contributed by atoms with Gasteiger partial charge in [-0.25, -0.2) is 0 Å². The third-order valence-electron chi connectivity index (χ3n) is 7.26. The van der Waals surface area contributed by atoms with Gasteiger partial charge in [-0.3, -0.25) is 13.9 Å². The molecule has 0 unspecified atom stereocenters. The molecule has 1 aliphatic carbocycles. The second-order valence-corrected chi connectivity index (χ2v) is 13.6. The Morgan fingerprint density at radius 2 is 1.39 bits per heavy atom. The Bertz CT molecular complexity index is 1400. The van der Waals surface area contributed by atoms with Gasteiger partial charge in [-0.1, -0.05) is 36.4 Å². The van der Waals surface area contributed by atoms with Crippen LogP contribution in [0.15, 0.2) is 48.6 Å².